The zero-order valence-corrected chi connectivity index (χ0v) is 13.1. The van der Waals surface area contributed by atoms with E-state index in [1.807, 2.05) is 30.3 Å². The van der Waals surface area contributed by atoms with Crippen molar-refractivity contribution in [1.29, 1.82) is 0 Å². The second kappa shape index (κ2) is 5.32. The first-order chi connectivity index (χ1) is 9.58. The molecule has 3 aromatic rings. The molecule has 0 saturated carbocycles. The molecule has 0 unspecified atom stereocenters. The molecule has 3 rings (SSSR count). The molecule has 2 aromatic carbocycles. The van der Waals surface area contributed by atoms with Crippen LogP contribution in [0, 0.1) is 5.82 Å². The number of aromatic nitrogens is 1. The number of rotatable bonds is 1. The monoisotopic (exact) mass is 369 g/mol. The van der Waals surface area contributed by atoms with E-state index in [0.29, 0.717) is 15.6 Å². The molecule has 1 nitrogen and oxygen atoms in total. The Morgan fingerprint density at radius 2 is 1.75 bits per heavy atom. The van der Waals surface area contributed by atoms with Gasteiger partial charge in [0.15, 0.2) is 0 Å². The van der Waals surface area contributed by atoms with Crippen LogP contribution in [0.2, 0.25) is 10.2 Å². The maximum absolute atomic E-state index is 14.1. The smallest absolute Gasteiger partial charge is 0.139 e. The molecule has 0 fully saturated rings. The maximum Gasteiger partial charge on any atom is 0.139 e. The third kappa shape index (κ3) is 2.30. The standard InChI is InChI=1S/C15H7BrCl2FN/c16-9-6-10(19)13-11(7-9)20-15(18)12(14(13)17)8-4-2-1-3-5-8/h1-7H. The molecule has 1 aromatic heterocycles. The quantitative estimate of drug-likeness (QED) is 0.471. The minimum atomic E-state index is -0.430. The molecule has 5 heteroatoms. The van der Waals surface area contributed by atoms with Crippen molar-refractivity contribution < 1.29 is 4.39 Å². The Morgan fingerprint density at radius 3 is 2.45 bits per heavy atom. The van der Waals surface area contributed by atoms with E-state index in [0.717, 1.165) is 5.56 Å². The Labute approximate surface area is 133 Å². The SMILES string of the molecule is Fc1cc(Br)cc2nc(Cl)c(-c3ccccc3)c(Cl)c12. The number of hydrogen-bond acceptors (Lipinski definition) is 1. The maximum atomic E-state index is 14.1. The van der Waals surface area contributed by atoms with Gasteiger partial charge in [0.1, 0.15) is 11.0 Å². The molecule has 0 radical (unpaired) electrons. The number of fused-ring (bicyclic) bond motifs is 1. The average molecular weight is 371 g/mol. The van der Waals surface area contributed by atoms with E-state index >= 15 is 0 Å². The number of pyridine rings is 1. The zero-order valence-electron chi connectivity index (χ0n) is 10.0. The minimum absolute atomic E-state index is 0.256. The van der Waals surface area contributed by atoms with Crippen molar-refractivity contribution in [3.8, 4) is 11.1 Å². The summed E-state index contributed by atoms with van der Waals surface area (Å²) >= 11 is 15.8. The average Bonchev–Trinajstić information content (AvgIpc) is 2.38. The van der Waals surface area contributed by atoms with E-state index < -0.39 is 5.82 Å². The summed E-state index contributed by atoms with van der Waals surface area (Å²) in [6.07, 6.45) is 0. The van der Waals surface area contributed by atoms with Crippen molar-refractivity contribution in [2.24, 2.45) is 0 Å². The van der Waals surface area contributed by atoms with Gasteiger partial charge in [0.2, 0.25) is 0 Å². The van der Waals surface area contributed by atoms with E-state index in [9.17, 15) is 4.39 Å². The van der Waals surface area contributed by atoms with Crippen LogP contribution in [0.15, 0.2) is 46.9 Å². The van der Waals surface area contributed by atoms with Gasteiger partial charge in [-0.2, -0.15) is 0 Å². The summed E-state index contributed by atoms with van der Waals surface area (Å²) in [5.74, 6) is -0.430. The van der Waals surface area contributed by atoms with Crippen molar-refractivity contribution in [1.82, 2.24) is 4.98 Å². The second-order valence-corrected chi connectivity index (χ2v) is 5.89. The van der Waals surface area contributed by atoms with E-state index in [1.54, 1.807) is 6.07 Å². The van der Waals surface area contributed by atoms with Gasteiger partial charge >= 0.3 is 0 Å². The molecule has 0 N–H and O–H groups in total. The molecular formula is C15H7BrCl2FN. The molecule has 0 amide bonds. The van der Waals surface area contributed by atoms with Crippen molar-refractivity contribution in [2.45, 2.75) is 0 Å². The van der Waals surface area contributed by atoms with Gasteiger partial charge in [-0.1, -0.05) is 69.5 Å². The van der Waals surface area contributed by atoms with Crippen molar-refractivity contribution in [3.63, 3.8) is 0 Å². The van der Waals surface area contributed by atoms with Crippen LogP contribution in [0.5, 0.6) is 0 Å². The highest BCUT2D eigenvalue weighted by molar-refractivity contribution is 9.10. The third-order valence-corrected chi connectivity index (χ3v) is 4.07. The summed E-state index contributed by atoms with van der Waals surface area (Å²) in [7, 11) is 0. The van der Waals surface area contributed by atoms with Gasteiger partial charge < -0.3 is 0 Å². The summed E-state index contributed by atoms with van der Waals surface area (Å²) in [6, 6.07) is 12.4. The fraction of sp³-hybridized carbons (Fsp3) is 0. The molecular weight excluding hydrogens is 364 g/mol. The highest BCUT2D eigenvalue weighted by Gasteiger charge is 2.17. The molecule has 1 heterocycles. The van der Waals surface area contributed by atoms with Gasteiger partial charge in [0.25, 0.3) is 0 Å². The van der Waals surface area contributed by atoms with Crippen LogP contribution in [-0.4, -0.2) is 4.98 Å². The lowest BCUT2D eigenvalue weighted by Gasteiger charge is -2.11. The fourth-order valence-electron chi connectivity index (χ4n) is 2.09. The fourth-order valence-corrected chi connectivity index (χ4v) is 3.24. The number of benzene rings is 2. The van der Waals surface area contributed by atoms with E-state index in [2.05, 4.69) is 20.9 Å². The summed E-state index contributed by atoms with van der Waals surface area (Å²) < 4.78 is 14.7. The van der Waals surface area contributed by atoms with Gasteiger partial charge in [0, 0.05) is 10.0 Å². The molecule has 0 aliphatic heterocycles. The van der Waals surface area contributed by atoms with Crippen LogP contribution in [0.4, 0.5) is 4.39 Å². The van der Waals surface area contributed by atoms with Gasteiger partial charge in [-0.3, -0.25) is 0 Å². The lowest BCUT2D eigenvalue weighted by atomic mass is 10.0. The topological polar surface area (TPSA) is 12.9 Å². The van der Waals surface area contributed by atoms with Crippen LogP contribution in [0.25, 0.3) is 22.0 Å². The molecule has 0 spiro atoms. The van der Waals surface area contributed by atoms with E-state index in [4.69, 9.17) is 23.2 Å². The summed E-state index contributed by atoms with van der Waals surface area (Å²) in [4.78, 5) is 4.25. The Balaban J connectivity index is 2.41. The largest absolute Gasteiger partial charge is 0.235 e. The first kappa shape index (κ1) is 13.8. The van der Waals surface area contributed by atoms with E-state index in [1.165, 1.54) is 6.07 Å². The predicted octanol–water partition coefficient (Wildman–Crippen LogP) is 6.11. The Bertz CT molecular complexity index is 806. The summed E-state index contributed by atoms with van der Waals surface area (Å²) in [6.45, 7) is 0. The third-order valence-electron chi connectivity index (χ3n) is 2.96. The highest BCUT2D eigenvalue weighted by Crippen LogP contribution is 2.39. The van der Waals surface area contributed by atoms with Crippen molar-refractivity contribution in [3.05, 3.63) is 62.9 Å². The Kier molecular flexibility index (Phi) is 3.67. The first-order valence-corrected chi connectivity index (χ1v) is 7.32. The normalized spacial score (nSPS) is 11.0. The lowest BCUT2D eigenvalue weighted by molar-refractivity contribution is 0.639. The molecule has 0 bridgehead atoms. The first-order valence-electron chi connectivity index (χ1n) is 5.77. The Hall–Kier alpha value is -1.16. The molecule has 100 valence electrons. The van der Waals surface area contributed by atoms with Gasteiger partial charge in [-0.15, -0.1) is 0 Å². The highest BCUT2D eigenvalue weighted by atomic mass is 79.9. The predicted molar refractivity (Wildman–Crippen MR) is 84.9 cm³/mol. The van der Waals surface area contributed by atoms with Crippen LogP contribution in [0.3, 0.4) is 0 Å². The molecule has 0 atom stereocenters. The molecule has 0 saturated heterocycles. The minimum Gasteiger partial charge on any atom is -0.235 e. The Morgan fingerprint density at radius 1 is 1.05 bits per heavy atom. The molecule has 0 aliphatic rings. The molecule has 20 heavy (non-hydrogen) atoms. The van der Waals surface area contributed by atoms with Gasteiger partial charge in [-0.05, 0) is 17.7 Å². The summed E-state index contributed by atoms with van der Waals surface area (Å²) in [5.41, 5.74) is 1.77. The number of nitrogens with zero attached hydrogens (tertiary/aromatic N) is 1. The van der Waals surface area contributed by atoms with Crippen LogP contribution >= 0.6 is 39.1 Å². The van der Waals surface area contributed by atoms with E-state index in [-0.39, 0.29) is 15.6 Å². The van der Waals surface area contributed by atoms with Gasteiger partial charge in [-0.25, -0.2) is 9.37 Å². The summed E-state index contributed by atoms with van der Waals surface area (Å²) in [5, 5.41) is 0.806. The lowest BCUT2D eigenvalue weighted by Crippen LogP contribution is -1.91. The van der Waals surface area contributed by atoms with Crippen molar-refractivity contribution >= 4 is 50.0 Å². The van der Waals surface area contributed by atoms with Crippen LogP contribution in [0.1, 0.15) is 0 Å². The molecule has 0 aliphatic carbocycles. The van der Waals surface area contributed by atoms with Crippen LogP contribution in [-0.2, 0) is 0 Å². The second-order valence-electron chi connectivity index (χ2n) is 4.24. The zero-order chi connectivity index (χ0) is 14.3. The number of hydrogen-bond donors (Lipinski definition) is 0. The van der Waals surface area contributed by atoms with Crippen molar-refractivity contribution in [2.75, 3.05) is 0 Å². The number of halogens is 4. The van der Waals surface area contributed by atoms with Crippen LogP contribution < -0.4 is 0 Å². The van der Waals surface area contributed by atoms with Gasteiger partial charge in [0.05, 0.1) is 15.9 Å².